The molecule has 82 valence electrons. The van der Waals surface area contributed by atoms with Gasteiger partial charge in [0.05, 0.1) is 0 Å². The third-order valence-corrected chi connectivity index (χ3v) is 3.82. The summed E-state index contributed by atoms with van der Waals surface area (Å²) in [4.78, 5) is 0. The minimum absolute atomic E-state index is 0.458. The first kappa shape index (κ1) is 11.8. The fraction of sp³-hybridized carbons (Fsp3) is 0.857. The van der Waals surface area contributed by atoms with Crippen LogP contribution in [0.15, 0.2) is 12.2 Å². The quantitative estimate of drug-likeness (QED) is 0.397. The van der Waals surface area contributed by atoms with E-state index >= 15 is 0 Å². The highest BCUT2D eigenvalue weighted by atomic mass is 14.3. The SMILES string of the molecule is CCC(C)(C=CCCCC1CC1)CC. The average molecular weight is 194 g/mol. The normalized spacial score (nSPS) is 17.9. The van der Waals surface area contributed by atoms with Gasteiger partial charge in [-0.15, -0.1) is 0 Å². The standard InChI is InChI=1S/C14H26/c1-4-14(3,5-2)12-8-6-7-9-13-10-11-13/h8,12-13H,4-7,9-11H2,1-3H3. The molecular formula is C14H26. The van der Waals surface area contributed by atoms with E-state index in [9.17, 15) is 0 Å². The van der Waals surface area contributed by atoms with Crippen LogP contribution in [-0.2, 0) is 0 Å². The molecule has 0 aromatic carbocycles. The van der Waals surface area contributed by atoms with E-state index in [0.29, 0.717) is 5.41 Å². The van der Waals surface area contributed by atoms with Gasteiger partial charge in [0.1, 0.15) is 0 Å². The topological polar surface area (TPSA) is 0 Å². The van der Waals surface area contributed by atoms with Gasteiger partial charge >= 0.3 is 0 Å². The van der Waals surface area contributed by atoms with E-state index < -0.39 is 0 Å². The Morgan fingerprint density at radius 2 is 1.86 bits per heavy atom. The van der Waals surface area contributed by atoms with Crippen molar-refractivity contribution in [2.45, 2.75) is 65.7 Å². The first-order chi connectivity index (χ1) is 6.70. The lowest BCUT2D eigenvalue weighted by Gasteiger charge is -2.21. The lowest BCUT2D eigenvalue weighted by Crippen LogP contribution is -2.09. The largest absolute Gasteiger partial charge is 0.0880 e. The highest BCUT2D eigenvalue weighted by Gasteiger charge is 2.19. The molecule has 0 nitrogen and oxygen atoms in total. The molecule has 0 radical (unpaired) electrons. The van der Waals surface area contributed by atoms with Crippen LogP contribution in [-0.4, -0.2) is 0 Å². The average Bonchev–Trinajstić information content (AvgIpc) is 3.01. The van der Waals surface area contributed by atoms with Crippen LogP contribution in [0.3, 0.4) is 0 Å². The van der Waals surface area contributed by atoms with E-state index in [0.717, 1.165) is 5.92 Å². The molecule has 0 heteroatoms. The number of hydrogen-bond acceptors (Lipinski definition) is 0. The van der Waals surface area contributed by atoms with E-state index in [-0.39, 0.29) is 0 Å². The molecule has 1 rings (SSSR count). The lowest BCUT2D eigenvalue weighted by molar-refractivity contribution is 0.394. The van der Waals surface area contributed by atoms with Gasteiger partial charge in [0, 0.05) is 0 Å². The highest BCUT2D eigenvalue weighted by Crippen LogP contribution is 2.34. The summed E-state index contributed by atoms with van der Waals surface area (Å²) in [6.45, 7) is 6.94. The highest BCUT2D eigenvalue weighted by molar-refractivity contribution is 4.96. The Kier molecular flexibility index (Phi) is 4.71. The van der Waals surface area contributed by atoms with E-state index in [1.54, 1.807) is 0 Å². The molecular weight excluding hydrogens is 168 g/mol. The van der Waals surface area contributed by atoms with Crippen LogP contribution in [0.2, 0.25) is 0 Å². The van der Waals surface area contributed by atoms with Crippen molar-refractivity contribution in [2.24, 2.45) is 11.3 Å². The monoisotopic (exact) mass is 194 g/mol. The van der Waals surface area contributed by atoms with Crippen LogP contribution < -0.4 is 0 Å². The summed E-state index contributed by atoms with van der Waals surface area (Å²) in [6.07, 6.45) is 14.6. The first-order valence-electron chi connectivity index (χ1n) is 6.38. The van der Waals surface area contributed by atoms with Crippen molar-refractivity contribution in [3.63, 3.8) is 0 Å². The minimum Gasteiger partial charge on any atom is -0.0880 e. The summed E-state index contributed by atoms with van der Waals surface area (Å²) < 4.78 is 0. The molecule has 0 bridgehead atoms. The molecule has 0 unspecified atom stereocenters. The van der Waals surface area contributed by atoms with Crippen molar-refractivity contribution in [3.8, 4) is 0 Å². The van der Waals surface area contributed by atoms with E-state index in [4.69, 9.17) is 0 Å². The smallest absolute Gasteiger partial charge is 0.0152 e. The van der Waals surface area contributed by atoms with Crippen molar-refractivity contribution in [3.05, 3.63) is 12.2 Å². The van der Waals surface area contributed by atoms with Crippen molar-refractivity contribution in [1.29, 1.82) is 0 Å². The molecule has 1 aliphatic carbocycles. The van der Waals surface area contributed by atoms with Crippen LogP contribution in [0.1, 0.15) is 65.7 Å². The van der Waals surface area contributed by atoms with Crippen molar-refractivity contribution < 1.29 is 0 Å². The van der Waals surface area contributed by atoms with Gasteiger partial charge in [-0.25, -0.2) is 0 Å². The lowest BCUT2D eigenvalue weighted by atomic mass is 9.84. The molecule has 0 N–H and O–H groups in total. The van der Waals surface area contributed by atoms with E-state index in [1.807, 2.05) is 0 Å². The zero-order chi connectivity index (χ0) is 10.4. The van der Waals surface area contributed by atoms with Gasteiger partial charge in [-0.1, -0.05) is 52.2 Å². The summed E-state index contributed by atoms with van der Waals surface area (Å²) in [5, 5.41) is 0. The van der Waals surface area contributed by atoms with Gasteiger partial charge < -0.3 is 0 Å². The van der Waals surface area contributed by atoms with Crippen LogP contribution in [0.4, 0.5) is 0 Å². The number of allylic oxidation sites excluding steroid dienone is 2. The van der Waals surface area contributed by atoms with E-state index in [1.165, 1.54) is 44.9 Å². The predicted octanol–water partition coefficient (Wildman–Crippen LogP) is 4.95. The Morgan fingerprint density at radius 1 is 1.21 bits per heavy atom. The Labute approximate surface area is 89.8 Å². The van der Waals surface area contributed by atoms with Gasteiger partial charge in [0.2, 0.25) is 0 Å². The van der Waals surface area contributed by atoms with E-state index in [2.05, 4.69) is 32.9 Å². The molecule has 0 aromatic heterocycles. The second kappa shape index (κ2) is 5.58. The summed E-state index contributed by atoms with van der Waals surface area (Å²) in [6, 6.07) is 0. The van der Waals surface area contributed by atoms with Crippen LogP contribution in [0.25, 0.3) is 0 Å². The fourth-order valence-electron chi connectivity index (χ4n) is 1.78. The molecule has 1 saturated carbocycles. The Balaban J connectivity index is 2.10. The molecule has 0 heterocycles. The molecule has 0 atom stereocenters. The fourth-order valence-corrected chi connectivity index (χ4v) is 1.78. The molecule has 1 fully saturated rings. The Morgan fingerprint density at radius 3 is 2.36 bits per heavy atom. The summed E-state index contributed by atoms with van der Waals surface area (Å²) >= 11 is 0. The Hall–Kier alpha value is -0.260. The molecule has 0 amide bonds. The molecule has 0 saturated heterocycles. The van der Waals surface area contributed by atoms with Gasteiger partial charge in [0.15, 0.2) is 0 Å². The number of unbranched alkanes of at least 4 members (excludes halogenated alkanes) is 1. The van der Waals surface area contributed by atoms with Gasteiger partial charge in [-0.3, -0.25) is 0 Å². The molecule has 0 spiro atoms. The number of hydrogen-bond donors (Lipinski definition) is 0. The molecule has 0 aliphatic heterocycles. The third-order valence-electron chi connectivity index (χ3n) is 3.82. The maximum atomic E-state index is 2.44. The predicted molar refractivity (Wildman–Crippen MR) is 64.4 cm³/mol. The van der Waals surface area contributed by atoms with Crippen molar-refractivity contribution in [2.75, 3.05) is 0 Å². The molecule has 14 heavy (non-hydrogen) atoms. The molecule has 0 aromatic rings. The zero-order valence-corrected chi connectivity index (χ0v) is 10.2. The van der Waals surface area contributed by atoms with Crippen LogP contribution in [0.5, 0.6) is 0 Å². The molecule has 1 aliphatic rings. The van der Waals surface area contributed by atoms with Gasteiger partial charge in [0.25, 0.3) is 0 Å². The maximum Gasteiger partial charge on any atom is -0.0152 e. The Bertz CT molecular complexity index is 170. The van der Waals surface area contributed by atoms with Crippen LogP contribution in [0, 0.1) is 11.3 Å². The minimum atomic E-state index is 0.458. The van der Waals surface area contributed by atoms with Crippen molar-refractivity contribution in [1.82, 2.24) is 0 Å². The summed E-state index contributed by atoms with van der Waals surface area (Å²) in [7, 11) is 0. The summed E-state index contributed by atoms with van der Waals surface area (Å²) in [5.74, 6) is 1.10. The maximum absolute atomic E-state index is 2.44. The third kappa shape index (κ3) is 4.30. The van der Waals surface area contributed by atoms with Gasteiger partial charge in [-0.2, -0.15) is 0 Å². The second-order valence-electron chi connectivity index (χ2n) is 5.14. The zero-order valence-electron chi connectivity index (χ0n) is 10.2. The number of rotatable bonds is 7. The van der Waals surface area contributed by atoms with Crippen LogP contribution >= 0.6 is 0 Å². The summed E-state index contributed by atoms with van der Waals surface area (Å²) in [5.41, 5.74) is 0.458. The van der Waals surface area contributed by atoms with Crippen molar-refractivity contribution >= 4 is 0 Å². The first-order valence-corrected chi connectivity index (χ1v) is 6.38. The second-order valence-corrected chi connectivity index (χ2v) is 5.14. The van der Waals surface area contributed by atoms with Gasteiger partial charge in [-0.05, 0) is 37.0 Å².